The third-order valence-corrected chi connectivity index (χ3v) is 3.11. The van der Waals surface area contributed by atoms with Gasteiger partial charge in [-0.3, -0.25) is 0 Å². The van der Waals surface area contributed by atoms with Crippen molar-refractivity contribution in [2.24, 2.45) is 0 Å². The van der Waals surface area contributed by atoms with Gasteiger partial charge in [-0.2, -0.15) is 0 Å². The molecule has 1 heteroatoms. The van der Waals surface area contributed by atoms with Crippen LogP contribution < -0.4 is 0 Å². The van der Waals surface area contributed by atoms with Crippen LogP contribution in [-0.2, 0) is 0 Å². The zero-order valence-corrected chi connectivity index (χ0v) is 11.7. The van der Waals surface area contributed by atoms with E-state index < -0.39 is 8.07 Å². The Morgan fingerprint density at radius 1 is 0.933 bits per heavy atom. The van der Waals surface area contributed by atoms with Crippen LogP contribution >= 0.6 is 0 Å². The van der Waals surface area contributed by atoms with Crippen molar-refractivity contribution >= 4 is 8.07 Å². The van der Waals surface area contributed by atoms with E-state index in [0.29, 0.717) is 0 Å². The second-order valence-corrected chi connectivity index (χ2v) is 10.0. The third kappa shape index (κ3) is 3.57. The van der Waals surface area contributed by atoms with E-state index in [0.717, 1.165) is 0 Å². The van der Waals surface area contributed by atoms with E-state index in [1.807, 2.05) is 0 Å². The average molecular weight is 216 g/mol. The standard InChI is InChI=1S/C14H20Si/c1-11-9-12(2)14(13(3)10-11)7-8-15(4,5)6/h9-10H,1-6H3. The van der Waals surface area contributed by atoms with Crippen molar-refractivity contribution in [1.82, 2.24) is 0 Å². The van der Waals surface area contributed by atoms with Gasteiger partial charge in [0.25, 0.3) is 0 Å². The molecule has 0 aromatic heterocycles. The summed E-state index contributed by atoms with van der Waals surface area (Å²) in [5.74, 6) is 3.36. The molecule has 0 aliphatic rings. The van der Waals surface area contributed by atoms with Crippen LogP contribution in [-0.4, -0.2) is 8.07 Å². The molecule has 80 valence electrons. The summed E-state index contributed by atoms with van der Waals surface area (Å²) in [6.07, 6.45) is 0. The van der Waals surface area contributed by atoms with Crippen molar-refractivity contribution < 1.29 is 0 Å². The monoisotopic (exact) mass is 216 g/mol. The summed E-state index contributed by atoms with van der Waals surface area (Å²) < 4.78 is 0. The van der Waals surface area contributed by atoms with E-state index in [9.17, 15) is 0 Å². The Labute approximate surface area is 94.7 Å². The molecule has 0 N–H and O–H groups in total. The molecule has 0 atom stereocenters. The van der Waals surface area contributed by atoms with E-state index in [4.69, 9.17) is 0 Å². The second kappa shape index (κ2) is 4.24. The van der Waals surface area contributed by atoms with Crippen LogP contribution in [0.5, 0.6) is 0 Å². The minimum absolute atomic E-state index is 1.23. The molecule has 1 rings (SSSR count). The van der Waals surface area contributed by atoms with E-state index >= 15 is 0 Å². The molecule has 15 heavy (non-hydrogen) atoms. The zero-order chi connectivity index (χ0) is 11.6. The van der Waals surface area contributed by atoms with E-state index in [2.05, 4.69) is 64.0 Å². The summed E-state index contributed by atoms with van der Waals surface area (Å²) in [5.41, 5.74) is 8.58. The Kier molecular flexibility index (Phi) is 3.41. The fourth-order valence-corrected chi connectivity index (χ4v) is 2.13. The van der Waals surface area contributed by atoms with Gasteiger partial charge in [0.1, 0.15) is 8.07 Å². The van der Waals surface area contributed by atoms with Gasteiger partial charge >= 0.3 is 0 Å². The normalized spacial score (nSPS) is 10.8. The SMILES string of the molecule is Cc1cc(C)c(C#C[Si](C)(C)C)c(C)c1. The van der Waals surface area contributed by atoms with Gasteiger partial charge in [0.2, 0.25) is 0 Å². The maximum atomic E-state index is 3.43. The van der Waals surface area contributed by atoms with Crippen LogP contribution in [0.1, 0.15) is 22.3 Å². The minimum Gasteiger partial charge on any atom is -0.127 e. The average Bonchev–Trinajstić information content (AvgIpc) is 1.99. The van der Waals surface area contributed by atoms with Gasteiger partial charge in [0.05, 0.1) is 0 Å². The third-order valence-electron chi connectivity index (χ3n) is 2.24. The predicted molar refractivity (Wildman–Crippen MR) is 70.9 cm³/mol. The van der Waals surface area contributed by atoms with Crippen molar-refractivity contribution in [3.05, 3.63) is 34.4 Å². The Hall–Kier alpha value is -1.00. The quantitative estimate of drug-likeness (QED) is 0.456. The van der Waals surface area contributed by atoms with E-state index in [1.54, 1.807) is 0 Å². The highest BCUT2D eigenvalue weighted by atomic mass is 28.3. The lowest BCUT2D eigenvalue weighted by Gasteiger charge is -2.07. The van der Waals surface area contributed by atoms with Crippen LogP contribution in [0.3, 0.4) is 0 Å². The molecule has 0 heterocycles. The number of rotatable bonds is 0. The summed E-state index contributed by atoms with van der Waals surface area (Å²) in [5, 5.41) is 0. The van der Waals surface area contributed by atoms with Gasteiger partial charge in [-0.25, -0.2) is 0 Å². The van der Waals surface area contributed by atoms with Gasteiger partial charge < -0.3 is 0 Å². The smallest absolute Gasteiger partial charge is 0.127 e. The Bertz CT molecular complexity index is 402. The summed E-state index contributed by atoms with van der Waals surface area (Å²) in [6, 6.07) is 4.42. The second-order valence-electron chi connectivity index (χ2n) is 5.27. The first-order valence-electron chi connectivity index (χ1n) is 5.40. The van der Waals surface area contributed by atoms with Gasteiger partial charge in [0.15, 0.2) is 0 Å². The van der Waals surface area contributed by atoms with Crippen LogP contribution in [0.4, 0.5) is 0 Å². The number of benzene rings is 1. The first-order valence-corrected chi connectivity index (χ1v) is 8.90. The maximum Gasteiger partial charge on any atom is 0.129 e. The van der Waals surface area contributed by atoms with Gasteiger partial charge in [-0.1, -0.05) is 43.3 Å². The molecule has 0 aliphatic carbocycles. The maximum absolute atomic E-state index is 3.43. The first-order chi connectivity index (χ1) is 6.79. The highest BCUT2D eigenvalue weighted by molar-refractivity contribution is 6.83. The van der Waals surface area contributed by atoms with Crippen molar-refractivity contribution in [3.8, 4) is 11.5 Å². The topological polar surface area (TPSA) is 0 Å². The first kappa shape index (κ1) is 12.1. The van der Waals surface area contributed by atoms with E-state index in [1.165, 1.54) is 22.3 Å². The molecule has 0 bridgehead atoms. The molecular weight excluding hydrogens is 196 g/mol. The Morgan fingerprint density at radius 3 is 1.80 bits per heavy atom. The Balaban J connectivity index is 3.20. The van der Waals surface area contributed by atoms with Crippen molar-refractivity contribution in [2.75, 3.05) is 0 Å². The molecule has 1 aromatic rings. The van der Waals surface area contributed by atoms with Crippen LogP contribution in [0.25, 0.3) is 0 Å². The summed E-state index contributed by atoms with van der Waals surface area (Å²) in [6.45, 7) is 13.3. The van der Waals surface area contributed by atoms with Crippen molar-refractivity contribution in [2.45, 2.75) is 40.4 Å². The molecule has 0 nitrogen and oxygen atoms in total. The minimum atomic E-state index is -1.26. The molecular formula is C14H20Si. The zero-order valence-electron chi connectivity index (χ0n) is 10.7. The van der Waals surface area contributed by atoms with Crippen LogP contribution in [0.2, 0.25) is 19.6 Å². The Morgan fingerprint density at radius 2 is 1.40 bits per heavy atom. The van der Waals surface area contributed by atoms with Crippen LogP contribution in [0, 0.1) is 32.2 Å². The molecule has 0 amide bonds. The lowest BCUT2D eigenvalue weighted by atomic mass is 10.0. The molecule has 0 spiro atoms. The molecule has 0 saturated heterocycles. The fraction of sp³-hybridized carbons (Fsp3) is 0.429. The van der Waals surface area contributed by atoms with Crippen LogP contribution in [0.15, 0.2) is 12.1 Å². The van der Waals surface area contributed by atoms with E-state index in [-0.39, 0.29) is 0 Å². The largest absolute Gasteiger partial charge is 0.129 e. The summed E-state index contributed by atoms with van der Waals surface area (Å²) >= 11 is 0. The lowest BCUT2D eigenvalue weighted by Crippen LogP contribution is -2.16. The molecule has 1 aromatic carbocycles. The summed E-state index contributed by atoms with van der Waals surface area (Å²) in [7, 11) is -1.26. The molecule has 0 radical (unpaired) electrons. The molecule has 0 saturated carbocycles. The molecule has 0 fully saturated rings. The lowest BCUT2D eigenvalue weighted by molar-refractivity contribution is 1.30. The molecule has 0 aliphatic heterocycles. The fourth-order valence-electron chi connectivity index (χ4n) is 1.63. The predicted octanol–water partition coefficient (Wildman–Crippen LogP) is 3.84. The number of aryl methyl sites for hydroxylation is 3. The summed E-state index contributed by atoms with van der Waals surface area (Å²) in [4.78, 5) is 0. The highest BCUT2D eigenvalue weighted by Crippen LogP contribution is 2.15. The molecule has 0 unspecified atom stereocenters. The van der Waals surface area contributed by atoms with Crippen molar-refractivity contribution in [3.63, 3.8) is 0 Å². The highest BCUT2D eigenvalue weighted by Gasteiger charge is 2.08. The van der Waals surface area contributed by atoms with Gasteiger partial charge in [-0.15, -0.1) is 5.54 Å². The van der Waals surface area contributed by atoms with Gasteiger partial charge in [-0.05, 0) is 31.9 Å². The number of hydrogen-bond acceptors (Lipinski definition) is 0. The number of hydrogen-bond donors (Lipinski definition) is 0. The van der Waals surface area contributed by atoms with Crippen molar-refractivity contribution in [1.29, 1.82) is 0 Å². The van der Waals surface area contributed by atoms with Gasteiger partial charge in [0, 0.05) is 5.56 Å².